The highest BCUT2D eigenvalue weighted by Gasteiger charge is 2.22. The third-order valence-electron chi connectivity index (χ3n) is 4.82. The molecule has 8 heteroatoms. The zero-order valence-electron chi connectivity index (χ0n) is 17.4. The molecule has 1 N–H and O–H groups in total. The van der Waals surface area contributed by atoms with Crippen LogP contribution in [0.25, 0.3) is 0 Å². The summed E-state index contributed by atoms with van der Waals surface area (Å²) >= 11 is 1.41. The molecule has 6 nitrogen and oxygen atoms in total. The Morgan fingerprint density at radius 2 is 1.74 bits per heavy atom. The highest BCUT2D eigenvalue weighted by atomic mass is 32.1. The number of rotatable bonds is 6. The third-order valence-corrected chi connectivity index (χ3v) is 5.63. The molecular weight excluding hydrogens is 417 g/mol. The van der Waals surface area contributed by atoms with Crippen LogP contribution in [0, 0.1) is 5.82 Å². The Morgan fingerprint density at radius 3 is 2.39 bits per heavy atom. The fraction of sp³-hybridized carbons (Fsp3) is 0.304. The molecule has 162 valence electrons. The summed E-state index contributed by atoms with van der Waals surface area (Å²) in [6.45, 7) is 6.63. The van der Waals surface area contributed by atoms with Crippen LogP contribution >= 0.6 is 11.3 Å². The van der Waals surface area contributed by atoms with Gasteiger partial charge in [0.2, 0.25) is 0 Å². The molecule has 1 aromatic heterocycles. The number of thiazole rings is 1. The first-order valence-electron chi connectivity index (χ1n) is 10.1. The maximum atomic E-state index is 13.0. The molecule has 0 saturated carbocycles. The fourth-order valence-electron chi connectivity index (χ4n) is 3.56. The van der Waals surface area contributed by atoms with E-state index in [1.54, 1.807) is 36.4 Å². The first kappa shape index (κ1) is 21.4. The van der Waals surface area contributed by atoms with Crippen molar-refractivity contribution in [1.82, 2.24) is 9.88 Å². The Hall–Kier alpha value is -2.81. The molecule has 1 aliphatic rings. The SMILES string of the molecule is CC1CN(Cc2csc(NC(=O)c3ccc(Oc4ccc(F)cc4)cc3)n2)CC(C)O1. The van der Waals surface area contributed by atoms with E-state index in [0.717, 1.165) is 25.3 Å². The van der Waals surface area contributed by atoms with Crippen molar-refractivity contribution >= 4 is 22.4 Å². The average Bonchev–Trinajstić information content (AvgIpc) is 3.16. The Bertz CT molecular complexity index is 1010. The second-order valence-corrected chi connectivity index (χ2v) is 8.49. The number of morpholine rings is 1. The highest BCUT2D eigenvalue weighted by molar-refractivity contribution is 7.13. The van der Waals surface area contributed by atoms with Crippen LogP contribution < -0.4 is 10.1 Å². The quantitative estimate of drug-likeness (QED) is 0.587. The summed E-state index contributed by atoms with van der Waals surface area (Å²) in [7, 11) is 0. The van der Waals surface area contributed by atoms with Gasteiger partial charge in [0.15, 0.2) is 5.13 Å². The lowest BCUT2D eigenvalue weighted by Crippen LogP contribution is -2.44. The number of nitrogens with zero attached hydrogens (tertiary/aromatic N) is 2. The van der Waals surface area contributed by atoms with Crippen LogP contribution in [0.3, 0.4) is 0 Å². The molecule has 2 aromatic carbocycles. The number of carbonyl (C=O) groups is 1. The van der Waals surface area contributed by atoms with E-state index < -0.39 is 0 Å². The zero-order valence-corrected chi connectivity index (χ0v) is 18.2. The topological polar surface area (TPSA) is 63.7 Å². The van der Waals surface area contributed by atoms with Gasteiger partial charge in [-0.1, -0.05) is 0 Å². The number of hydrogen-bond donors (Lipinski definition) is 1. The van der Waals surface area contributed by atoms with Crippen LogP contribution in [0.15, 0.2) is 53.9 Å². The number of nitrogens with one attached hydrogen (secondary N) is 1. The lowest BCUT2D eigenvalue weighted by atomic mass is 10.2. The largest absolute Gasteiger partial charge is 0.457 e. The molecule has 2 unspecified atom stereocenters. The lowest BCUT2D eigenvalue weighted by molar-refractivity contribution is -0.0707. The van der Waals surface area contributed by atoms with Crippen LogP contribution in [0.2, 0.25) is 0 Å². The van der Waals surface area contributed by atoms with E-state index in [1.807, 2.05) is 5.38 Å². The Labute approximate surface area is 184 Å². The number of halogens is 1. The van der Waals surface area contributed by atoms with Crippen molar-refractivity contribution in [1.29, 1.82) is 0 Å². The second-order valence-electron chi connectivity index (χ2n) is 7.63. The number of anilines is 1. The molecule has 4 rings (SSSR count). The number of hydrogen-bond acceptors (Lipinski definition) is 6. The predicted octanol–water partition coefficient (Wildman–Crippen LogP) is 4.94. The van der Waals surface area contributed by atoms with Gasteiger partial charge in [-0.3, -0.25) is 15.0 Å². The van der Waals surface area contributed by atoms with Gasteiger partial charge in [-0.25, -0.2) is 9.37 Å². The van der Waals surface area contributed by atoms with Crippen molar-refractivity contribution in [2.75, 3.05) is 18.4 Å². The maximum Gasteiger partial charge on any atom is 0.257 e. The number of benzene rings is 2. The van der Waals surface area contributed by atoms with Crippen LogP contribution in [0.4, 0.5) is 9.52 Å². The Balaban J connectivity index is 1.32. The van der Waals surface area contributed by atoms with E-state index in [0.29, 0.717) is 22.2 Å². The lowest BCUT2D eigenvalue weighted by Gasteiger charge is -2.34. The molecule has 1 saturated heterocycles. The van der Waals surface area contributed by atoms with Crippen molar-refractivity contribution < 1.29 is 18.7 Å². The molecule has 1 amide bonds. The number of ether oxygens (including phenoxy) is 2. The average molecular weight is 442 g/mol. The van der Waals surface area contributed by atoms with Gasteiger partial charge in [-0.15, -0.1) is 11.3 Å². The van der Waals surface area contributed by atoms with Crippen molar-refractivity contribution in [2.45, 2.75) is 32.6 Å². The molecule has 2 heterocycles. The Kier molecular flexibility index (Phi) is 6.60. The van der Waals surface area contributed by atoms with E-state index in [-0.39, 0.29) is 23.9 Å². The smallest absolute Gasteiger partial charge is 0.257 e. The number of aromatic nitrogens is 1. The summed E-state index contributed by atoms with van der Waals surface area (Å²) in [5, 5.41) is 5.39. The molecular formula is C23H24FN3O3S. The second kappa shape index (κ2) is 9.55. The summed E-state index contributed by atoms with van der Waals surface area (Å²) < 4.78 is 24.4. The van der Waals surface area contributed by atoms with Crippen molar-refractivity contribution in [3.05, 3.63) is 71.0 Å². The fourth-order valence-corrected chi connectivity index (χ4v) is 4.26. The van der Waals surface area contributed by atoms with E-state index >= 15 is 0 Å². The molecule has 2 atom stereocenters. The Morgan fingerprint density at radius 1 is 1.13 bits per heavy atom. The van der Waals surface area contributed by atoms with Gasteiger partial charge in [-0.2, -0.15) is 0 Å². The first-order valence-corrected chi connectivity index (χ1v) is 11.0. The van der Waals surface area contributed by atoms with Gasteiger partial charge >= 0.3 is 0 Å². The van der Waals surface area contributed by atoms with Crippen LogP contribution in [0.5, 0.6) is 11.5 Å². The van der Waals surface area contributed by atoms with Gasteiger partial charge in [0, 0.05) is 30.6 Å². The minimum Gasteiger partial charge on any atom is -0.457 e. The first-order chi connectivity index (χ1) is 14.9. The number of amides is 1. The zero-order chi connectivity index (χ0) is 21.8. The molecule has 1 aliphatic heterocycles. The van der Waals surface area contributed by atoms with E-state index in [4.69, 9.17) is 9.47 Å². The van der Waals surface area contributed by atoms with Crippen molar-refractivity contribution in [2.24, 2.45) is 0 Å². The van der Waals surface area contributed by atoms with E-state index in [9.17, 15) is 9.18 Å². The molecule has 0 radical (unpaired) electrons. The molecule has 0 aliphatic carbocycles. The number of carbonyl (C=O) groups excluding carboxylic acids is 1. The van der Waals surface area contributed by atoms with Gasteiger partial charge in [-0.05, 0) is 62.4 Å². The van der Waals surface area contributed by atoms with E-state index in [1.165, 1.54) is 23.5 Å². The standard InChI is InChI=1S/C23H24FN3O3S/c1-15-11-27(12-16(2)29-15)13-19-14-31-23(25-19)26-22(28)17-3-7-20(8-4-17)30-21-9-5-18(24)6-10-21/h3-10,14-16H,11-13H2,1-2H3,(H,25,26,28). The minimum atomic E-state index is -0.321. The normalized spacial score (nSPS) is 19.2. The van der Waals surface area contributed by atoms with Crippen molar-refractivity contribution in [3.63, 3.8) is 0 Å². The maximum absolute atomic E-state index is 13.0. The monoisotopic (exact) mass is 441 g/mol. The molecule has 3 aromatic rings. The molecule has 1 fully saturated rings. The van der Waals surface area contributed by atoms with Crippen LogP contribution in [0.1, 0.15) is 29.9 Å². The third kappa shape index (κ3) is 5.88. The minimum absolute atomic E-state index is 0.205. The molecule has 0 bridgehead atoms. The van der Waals surface area contributed by atoms with Gasteiger partial charge < -0.3 is 9.47 Å². The van der Waals surface area contributed by atoms with Gasteiger partial charge in [0.1, 0.15) is 17.3 Å². The molecule has 0 spiro atoms. The summed E-state index contributed by atoms with van der Waals surface area (Å²) in [5.41, 5.74) is 1.43. The molecule has 31 heavy (non-hydrogen) atoms. The summed E-state index contributed by atoms with van der Waals surface area (Å²) in [5.74, 6) is 0.535. The van der Waals surface area contributed by atoms with Crippen molar-refractivity contribution in [3.8, 4) is 11.5 Å². The van der Waals surface area contributed by atoms with Crippen LogP contribution in [-0.2, 0) is 11.3 Å². The summed E-state index contributed by atoms with van der Waals surface area (Å²) in [6.07, 6.45) is 0.410. The van der Waals surface area contributed by atoms with Crippen LogP contribution in [-0.4, -0.2) is 41.1 Å². The highest BCUT2D eigenvalue weighted by Crippen LogP contribution is 2.23. The predicted molar refractivity (Wildman–Crippen MR) is 118 cm³/mol. The van der Waals surface area contributed by atoms with Gasteiger partial charge in [0.05, 0.1) is 17.9 Å². The summed E-state index contributed by atoms with van der Waals surface area (Å²) in [4.78, 5) is 19.4. The summed E-state index contributed by atoms with van der Waals surface area (Å²) in [6, 6.07) is 12.5. The van der Waals surface area contributed by atoms with Gasteiger partial charge in [0.25, 0.3) is 5.91 Å². The van der Waals surface area contributed by atoms with E-state index in [2.05, 4.69) is 29.0 Å².